The van der Waals surface area contributed by atoms with E-state index in [9.17, 15) is 10.5 Å². The summed E-state index contributed by atoms with van der Waals surface area (Å²) < 4.78 is 17.1. The van der Waals surface area contributed by atoms with Crippen molar-refractivity contribution in [2.24, 2.45) is 0 Å². The van der Waals surface area contributed by atoms with Crippen LogP contribution in [-0.4, -0.2) is 9.13 Å². The van der Waals surface area contributed by atoms with Crippen LogP contribution in [0.15, 0.2) is 215 Å². The molecule has 0 unspecified atom stereocenters. The fourth-order valence-corrected chi connectivity index (χ4v) is 10.7. The molecule has 0 fully saturated rings. The van der Waals surface area contributed by atoms with E-state index in [1.807, 2.05) is 60.7 Å². The molecule has 0 saturated carbocycles. The van der Waals surface area contributed by atoms with Gasteiger partial charge in [-0.15, -0.1) is 0 Å². The lowest BCUT2D eigenvalue weighted by Gasteiger charge is -2.17. The fourth-order valence-electron chi connectivity index (χ4n) is 10.7. The highest BCUT2D eigenvalue weighted by atomic mass is 16.3. The molecule has 0 spiro atoms. The topological polar surface area (TPSA) is 83.7 Å². The number of hydrogen-bond donors (Lipinski definition) is 0. The number of benzene rings is 10. The SMILES string of the molecule is N#Cc1ccc2c3cc(-c4ccc(-n5c6ccccc6c6cccc(C#N)c65)c(-c5ccc6oc7ccccc7c6c5)c4)ccc3n(-c3ccccc3-c3ccc4oc5ccccc5c4c3)c2c1. The Kier molecular flexibility index (Phi) is 8.01. The third kappa shape index (κ3) is 5.50. The van der Waals surface area contributed by atoms with Crippen molar-refractivity contribution < 1.29 is 8.83 Å². The monoisotopic (exact) mass is 866 g/mol. The van der Waals surface area contributed by atoms with Gasteiger partial charge in [-0.2, -0.15) is 10.5 Å². The van der Waals surface area contributed by atoms with E-state index in [1.54, 1.807) is 0 Å². The number of hydrogen-bond acceptors (Lipinski definition) is 4. The Balaban J connectivity index is 0.994. The molecule has 68 heavy (non-hydrogen) atoms. The van der Waals surface area contributed by atoms with Gasteiger partial charge < -0.3 is 18.0 Å². The minimum absolute atomic E-state index is 0.595. The number of fused-ring (bicyclic) bond motifs is 12. The number of aromatic nitrogens is 2. The first-order chi connectivity index (χ1) is 33.6. The van der Waals surface area contributed by atoms with Crippen molar-refractivity contribution in [1.29, 1.82) is 10.5 Å². The van der Waals surface area contributed by atoms with Crippen LogP contribution in [0.3, 0.4) is 0 Å². The number of nitrogens with zero attached hydrogens (tertiary/aromatic N) is 4. The van der Waals surface area contributed by atoms with Crippen molar-refractivity contribution in [3.8, 4) is 56.9 Å². The largest absolute Gasteiger partial charge is 0.456 e. The van der Waals surface area contributed by atoms with Gasteiger partial charge in [0.15, 0.2) is 0 Å². The molecule has 314 valence electrons. The van der Waals surface area contributed by atoms with Gasteiger partial charge in [-0.05, 0) is 113 Å². The zero-order chi connectivity index (χ0) is 45.0. The Morgan fingerprint density at radius 1 is 0.324 bits per heavy atom. The molecule has 0 N–H and O–H groups in total. The third-order valence-corrected chi connectivity index (χ3v) is 13.8. The van der Waals surface area contributed by atoms with Crippen molar-refractivity contribution in [1.82, 2.24) is 9.13 Å². The van der Waals surface area contributed by atoms with Crippen LogP contribution in [0.5, 0.6) is 0 Å². The highest BCUT2D eigenvalue weighted by molar-refractivity contribution is 6.14. The molecule has 0 radical (unpaired) electrons. The second-order valence-electron chi connectivity index (χ2n) is 17.4. The van der Waals surface area contributed by atoms with Gasteiger partial charge in [-0.1, -0.05) is 115 Å². The summed E-state index contributed by atoms with van der Waals surface area (Å²) in [6.07, 6.45) is 0. The van der Waals surface area contributed by atoms with Gasteiger partial charge in [-0.3, -0.25) is 0 Å². The van der Waals surface area contributed by atoms with Crippen molar-refractivity contribution >= 4 is 87.5 Å². The normalized spacial score (nSPS) is 11.8. The van der Waals surface area contributed by atoms with E-state index in [0.717, 1.165) is 132 Å². The van der Waals surface area contributed by atoms with E-state index in [2.05, 4.69) is 167 Å². The van der Waals surface area contributed by atoms with Gasteiger partial charge in [0.1, 0.15) is 28.4 Å². The molecule has 10 aromatic carbocycles. The Bertz CT molecular complexity index is 4540. The van der Waals surface area contributed by atoms with Crippen molar-refractivity contribution in [3.05, 3.63) is 217 Å². The quantitative estimate of drug-likeness (QED) is 0.172. The van der Waals surface area contributed by atoms with E-state index in [4.69, 9.17) is 8.83 Å². The molecule has 14 aromatic rings. The molecule has 4 aromatic heterocycles. The summed E-state index contributed by atoms with van der Waals surface area (Å²) in [5.74, 6) is 0. The molecule has 0 saturated heterocycles. The minimum Gasteiger partial charge on any atom is -0.456 e. The van der Waals surface area contributed by atoms with Gasteiger partial charge in [0, 0.05) is 54.2 Å². The molecule has 6 heteroatoms. The van der Waals surface area contributed by atoms with E-state index in [0.29, 0.717) is 11.1 Å². The van der Waals surface area contributed by atoms with Crippen LogP contribution < -0.4 is 0 Å². The first-order valence-corrected chi connectivity index (χ1v) is 22.6. The Morgan fingerprint density at radius 3 is 1.63 bits per heavy atom. The summed E-state index contributed by atoms with van der Waals surface area (Å²) in [6.45, 7) is 0. The maximum atomic E-state index is 10.5. The molecular weight excluding hydrogens is 833 g/mol. The minimum atomic E-state index is 0.595. The lowest BCUT2D eigenvalue weighted by molar-refractivity contribution is 0.668. The Morgan fingerprint density at radius 2 is 0.882 bits per heavy atom. The number of furan rings is 2. The van der Waals surface area contributed by atoms with Crippen LogP contribution in [0.4, 0.5) is 0 Å². The van der Waals surface area contributed by atoms with Crippen LogP contribution in [0.2, 0.25) is 0 Å². The maximum Gasteiger partial charge on any atom is 0.135 e. The molecule has 0 aliphatic heterocycles. The summed E-state index contributed by atoms with van der Waals surface area (Å²) in [4.78, 5) is 0. The highest BCUT2D eigenvalue weighted by Gasteiger charge is 2.22. The second-order valence-corrected chi connectivity index (χ2v) is 17.4. The smallest absolute Gasteiger partial charge is 0.135 e. The molecule has 0 amide bonds. The second kappa shape index (κ2) is 14.4. The molecular formula is C62H34N4O2. The zero-order valence-corrected chi connectivity index (χ0v) is 36.2. The predicted octanol–water partition coefficient (Wildman–Crippen LogP) is 16.4. The van der Waals surface area contributed by atoms with Crippen LogP contribution >= 0.6 is 0 Å². The molecule has 14 rings (SSSR count). The van der Waals surface area contributed by atoms with E-state index >= 15 is 0 Å². The third-order valence-electron chi connectivity index (χ3n) is 13.8. The summed E-state index contributed by atoms with van der Waals surface area (Å²) in [5.41, 5.74) is 16.7. The molecule has 4 heterocycles. The summed E-state index contributed by atoms with van der Waals surface area (Å²) in [5, 5.41) is 29.2. The first kappa shape index (κ1) is 37.7. The standard InChI is InChI=1S/C62H34N4O2/c63-35-37-20-25-45-50-32-39(22-27-56(50)65(57(45)30-37)53-16-5-1-11-43(53)40-23-28-60-51(33-40)46-13-3-7-18-58(46)67-60)38-21-26-55(66-54-17-6-2-12-44(54)48-15-9-10-42(36-64)62(48)66)49(31-38)41-24-29-61-52(34-41)47-14-4-8-19-59(47)68-61/h1-34H. The number of nitriles is 2. The lowest BCUT2D eigenvalue weighted by Crippen LogP contribution is -1.99. The highest BCUT2D eigenvalue weighted by Crippen LogP contribution is 2.44. The Labute approximate surface area is 388 Å². The van der Waals surface area contributed by atoms with E-state index in [-0.39, 0.29) is 0 Å². The summed E-state index contributed by atoms with van der Waals surface area (Å²) in [7, 11) is 0. The molecule has 6 nitrogen and oxygen atoms in total. The summed E-state index contributed by atoms with van der Waals surface area (Å²) in [6, 6.07) is 76.3. The summed E-state index contributed by atoms with van der Waals surface area (Å²) >= 11 is 0. The first-order valence-electron chi connectivity index (χ1n) is 22.6. The lowest BCUT2D eigenvalue weighted by atomic mass is 9.95. The van der Waals surface area contributed by atoms with Crippen LogP contribution in [0.1, 0.15) is 11.1 Å². The van der Waals surface area contributed by atoms with Gasteiger partial charge in [0.25, 0.3) is 0 Å². The van der Waals surface area contributed by atoms with Crippen LogP contribution in [0.25, 0.3) is 132 Å². The number of rotatable bonds is 5. The van der Waals surface area contributed by atoms with Crippen LogP contribution in [0, 0.1) is 22.7 Å². The van der Waals surface area contributed by atoms with Gasteiger partial charge in [-0.25, -0.2) is 0 Å². The van der Waals surface area contributed by atoms with Crippen molar-refractivity contribution in [2.45, 2.75) is 0 Å². The van der Waals surface area contributed by atoms with Crippen molar-refractivity contribution in [2.75, 3.05) is 0 Å². The van der Waals surface area contributed by atoms with E-state index in [1.165, 1.54) is 0 Å². The molecule has 0 aliphatic carbocycles. The Hall–Kier alpha value is -9.62. The maximum absolute atomic E-state index is 10.5. The van der Waals surface area contributed by atoms with Gasteiger partial charge in [0.2, 0.25) is 0 Å². The molecule has 0 atom stereocenters. The number of para-hydroxylation sites is 5. The van der Waals surface area contributed by atoms with Gasteiger partial charge >= 0.3 is 0 Å². The predicted molar refractivity (Wildman–Crippen MR) is 275 cm³/mol. The molecule has 0 aliphatic rings. The average molecular weight is 867 g/mol. The van der Waals surface area contributed by atoms with Crippen molar-refractivity contribution in [3.63, 3.8) is 0 Å². The zero-order valence-electron chi connectivity index (χ0n) is 36.2. The molecule has 0 bridgehead atoms. The van der Waals surface area contributed by atoms with Crippen LogP contribution in [-0.2, 0) is 0 Å². The fraction of sp³-hybridized carbons (Fsp3) is 0. The average Bonchev–Trinajstić information content (AvgIpc) is 4.15. The van der Waals surface area contributed by atoms with E-state index < -0.39 is 0 Å². The van der Waals surface area contributed by atoms with Gasteiger partial charge in [0.05, 0.1) is 50.6 Å².